The van der Waals surface area contributed by atoms with E-state index in [1.165, 1.54) is 12.8 Å². The Morgan fingerprint density at radius 2 is 2.00 bits per heavy atom. The van der Waals surface area contributed by atoms with Gasteiger partial charge in [0.15, 0.2) is 0 Å². The third-order valence-electron chi connectivity index (χ3n) is 3.53. The second-order valence-corrected chi connectivity index (χ2v) is 4.68. The standard InChI is InChI=1S/C12H22N2O3/c1-3-9(11(15)16)8-13-12(17)14(2)10-6-4-5-7-10/h9-10H,3-8H2,1-2H3,(H,13,17)(H,15,16). The number of rotatable bonds is 5. The van der Waals surface area contributed by atoms with E-state index in [0.717, 1.165) is 12.8 Å². The fourth-order valence-corrected chi connectivity index (χ4v) is 2.20. The topological polar surface area (TPSA) is 69.6 Å². The predicted molar refractivity (Wildman–Crippen MR) is 64.8 cm³/mol. The highest BCUT2D eigenvalue weighted by Crippen LogP contribution is 2.22. The molecular formula is C12H22N2O3. The van der Waals surface area contributed by atoms with Gasteiger partial charge in [-0.25, -0.2) is 4.79 Å². The maximum Gasteiger partial charge on any atom is 0.317 e. The maximum absolute atomic E-state index is 11.8. The van der Waals surface area contributed by atoms with Crippen LogP contribution in [0.1, 0.15) is 39.0 Å². The first-order valence-electron chi connectivity index (χ1n) is 6.29. The van der Waals surface area contributed by atoms with E-state index < -0.39 is 11.9 Å². The Hall–Kier alpha value is -1.26. The van der Waals surface area contributed by atoms with Crippen molar-refractivity contribution in [2.75, 3.05) is 13.6 Å². The molecule has 0 saturated heterocycles. The summed E-state index contributed by atoms with van der Waals surface area (Å²) in [5.74, 6) is -1.34. The second-order valence-electron chi connectivity index (χ2n) is 4.68. The molecular weight excluding hydrogens is 220 g/mol. The first kappa shape index (κ1) is 13.8. The minimum atomic E-state index is -0.851. The quantitative estimate of drug-likeness (QED) is 0.770. The lowest BCUT2D eigenvalue weighted by molar-refractivity contribution is -0.141. The number of carboxylic acid groups (broad SMARTS) is 1. The van der Waals surface area contributed by atoms with Gasteiger partial charge in [0.25, 0.3) is 0 Å². The molecule has 0 aliphatic heterocycles. The van der Waals surface area contributed by atoms with Crippen LogP contribution in [0.3, 0.4) is 0 Å². The van der Waals surface area contributed by atoms with Gasteiger partial charge in [-0.1, -0.05) is 19.8 Å². The molecule has 5 nitrogen and oxygen atoms in total. The fraction of sp³-hybridized carbons (Fsp3) is 0.833. The minimum absolute atomic E-state index is 0.156. The van der Waals surface area contributed by atoms with Crippen LogP contribution < -0.4 is 5.32 Å². The molecule has 0 bridgehead atoms. The number of urea groups is 1. The van der Waals surface area contributed by atoms with Gasteiger partial charge in [-0.15, -0.1) is 0 Å². The van der Waals surface area contributed by atoms with Gasteiger partial charge in [0.05, 0.1) is 5.92 Å². The van der Waals surface area contributed by atoms with Crippen molar-refractivity contribution in [1.29, 1.82) is 0 Å². The molecule has 1 aliphatic carbocycles. The molecule has 2 amide bonds. The lowest BCUT2D eigenvalue weighted by atomic mass is 10.1. The Morgan fingerprint density at radius 3 is 2.47 bits per heavy atom. The minimum Gasteiger partial charge on any atom is -0.481 e. The van der Waals surface area contributed by atoms with Gasteiger partial charge in [-0.3, -0.25) is 4.79 Å². The van der Waals surface area contributed by atoms with Crippen LogP contribution in [0.5, 0.6) is 0 Å². The Balaban J connectivity index is 2.35. The van der Waals surface area contributed by atoms with Crippen LogP contribution in [-0.2, 0) is 4.79 Å². The lowest BCUT2D eigenvalue weighted by Gasteiger charge is -2.25. The molecule has 98 valence electrons. The molecule has 0 aromatic rings. The molecule has 0 heterocycles. The Kier molecular flexibility index (Phi) is 5.25. The summed E-state index contributed by atoms with van der Waals surface area (Å²) < 4.78 is 0. The van der Waals surface area contributed by atoms with Crippen LogP contribution in [0.15, 0.2) is 0 Å². The smallest absolute Gasteiger partial charge is 0.317 e. The summed E-state index contributed by atoms with van der Waals surface area (Å²) in [6.45, 7) is 2.02. The van der Waals surface area contributed by atoms with Crippen LogP contribution in [0.2, 0.25) is 0 Å². The number of carbonyl (C=O) groups is 2. The molecule has 1 saturated carbocycles. The highest BCUT2D eigenvalue weighted by Gasteiger charge is 2.24. The molecule has 0 radical (unpaired) electrons. The third kappa shape index (κ3) is 3.91. The summed E-state index contributed by atoms with van der Waals surface area (Å²) in [5.41, 5.74) is 0. The zero-order valence-corrected chi connectivity index (χ0v) is 10.6. The zero-order valence-electron chi connectivity index (χ0n) is 10.6. The van der Waals surface area contributed by atoms with Crippen LogP contribution >= 0.6 is 0 Å². The van der Waals surface area contributed by atoms with E-state index >= 15 is 0 Å². The highest BCUT2D eigenvalue weighted by molar-refractivity contribution is 5.76. The van der Waals surface area contributed by atoms with Crippen molar-refractivity contribution in [2.45, 2.75) is 45.1 Å². The molecule has 0 spiro atoms. The Labute approximate surface area is 102 Å². The van der Waals surface area contributed by atoms with Crippen LogP contribution in [0.4, 0.5) is 4.79 Å². The highest BCUT2D eigenvalue weighted by atomic mass is 16.4. The second kappa shape index (κ2) is 6.47. The summed E-state index contributed by atoms with van der Waals surface area (Å²) in [6.07, 6.45) is 4.99. The molecule has 2 N–H and O–H groups in total. The lowest BCUT2D eigenvalue weighted by Crippen LogP contribution is -2.44. The number of aliphatic carboxylic acids is 1. The predicted octanol–water partition coefficient (Wildman–Crippen LogP) is 1.68. The van der Waals surface area contributed by atoms with Crippen molar-refractivity contribution in [3.63, 3.8) is 0 Å². The van der Waals surface area contributed by atoms with Crippen LogP contribution in [-0.4, -0.2) is 41.6 Å². The zero-order chi connectivity index (χ0) is 12.8. The van der Waals surface area contributed by atoms with Gasteiger partial charge < -0.3 is 15.3 Å². The summed E-state index contributed by atoms with van der Waals surface area (Å²) in [5, 5.41) is 11.6. The van der Waals surface area contributed by atoms with Gasteiger partial charge >= 0.3 is 12.0 Å². The molecule has 1 atom stereocenters. The van der Waals surface area contributed by atoms with E-state index in [9.17, 15) is 9.59 Å². The van der Waals surface area contributed by atoms with Gasteiger partial charge in [0, 0.05) is 19.6 Å². The van der Waals surface area contributed by atoms with Crippen molar-refractivity contribution in [3.8, 4) is 0 Å². The number of amides is 2. The number of hydrogen-bond donors (Lipinski definition) is 2. The van der Waals surface area contributed by atoms with Gasteiger partial charge in [-0.2, -0.15) is 0 Å². The van der Waals surface area contributed by atoms with E-state index in [2.05, 4.69) is 5.32 Å². The number of carbonyl (C=O) groups excluding carboxylic acids is 1. The van der Waals surface area contributed by atoms with Gasteiger partial charge in [0.1, 0.15) is 0 Å². The van der Waals surface area contributed by atoms with Crippen LogP contribution in [0.25, 0.3) is 0 Å². The van der Waals surface area contributed by atoms with Crippen LogP contribution in [0, 0.1) is 5.92 Å². The average molecular weight is 242 g/mol. The van der Waals surface area contributed by atoms with E-state index in [1.807, 2.05) is 6.92 Å². The first-order chi connectivity index (χ1) is 8.06. The molecule has 0 aromatic carbocycles. The summed E-state index contributed by atoms with van der Waals surface area (Å²) in [6, 6.07) is 0.163. The van der Waals surface area contributed by atoms with Crippen molar-refractivity contribution in [3.05, 3.63) is 0 Å². The van der Waals surface area contributed by atoms with Crippen molar-refractivity contribution >= 4 is 12.0 Å². The molecule has 1 rings (SSSR count). The number of nitrogens with one attached hydrogen (secondary N) is 1. The fourth-order valence-electron chi connectivity index (χ4n) is 2.20. The van der Waals surface area contributed by atoms with Crippen molar-refractivity contribution in [1.82, 2.24) is 10.2 Å². The summed E-state index contributed by atoms with van der Waals surface area (Å²) in [7, 11) is 1.78. The Bertz CT molecular complexity index is 275. The largest absolute Gasteiger partial charge is 0.481 e. The Morgan fingerprint density at radius 1 is 1.41 bits per heavy atom. The number of nitrogens with zero attached hydrogens (tertiary/aromatic N) is 1. The van der Waals surface area contributed by atoms with Gasteiger partial charge in [0.2, 0.25) is 0 Å². The van der Waals surface area contributed by atoms with Crippen molar-refractivity contribution < 1.29 is 14.7 Å². The monoisotopic (exact) mass is 242 g/mol. The molecule has 5 heteroatoms. The van der Waals surface area contributed by atoms with Crippen molar-refractivity contribution in [2.24, 2.45) is 5.92 Å². The third-order valence-corrected chi connectivity index (χ3v) is 3.53. The normalized spacial score (nSPS) is 17.8. The average Bonchev–Trinajstić information content (AvgIpc) is 2.81. The number of hydrogen-bond acceptors (Lipinski definition) is 2. The molecule has 1 unspecified atom stereocenters. The van der Waals surface area contributed by atoms with E-state index in [1.54, 1.807) is 11.9 Å². The summed E-state index contributed by atoms with van der Waals surface area (Å²) >= 11 is 0. The maximum atomic E-state index is 11.8. The summed E-state index contributed by atoms with van der Waals surface area (Å²) in [4.78, 5) is 24.3. The van der Waals surface area contributed by atoms with E-state index in [4.69, 9.17) is 5.11 Å². The number of carboxylic acids is 1. The van der Waals surface area contributed by atoms with E-state index in [-0.39, 0.29) is 12.6 Å². The molecule has 0 aromatic heterocycles. The SMILES string of the molecule is CCC(CNC(=O)N(C)C1CCCC1)C(=O)O. The van der Waals surface area contributed by atoms with E-state index in [0.29, 0.717) is 12.5 Å². The first-order valence-corrected chi connectivity index (χ1v) is 6.29. The molecule has 1 fully saturated rings. The molecule has 1 aliphatic rings. The van der Waals surface area contributed by atoms with Gasteiger partial charge in [-0.05, 0) is 19.3 Å². The molecule has 17 heavy (non-hydrogen) atoms.